The maximum Gasteiger partial charge on any atom is 0.230 e. The lowest BCUT2D eigenvalue weighted by Gasteiger charge is -2.31. The molecule has 7 rings (SSSR count). The van der Waals surface area contributed by atoms with Crippen molar-refractivity contribution in [1.29, 1.82) is 0 Å². The van der Waals surface area contributed by atoms with Crippen LogP contribution in [0.15, 0.2) is 116 Å². The van der Waals surface area contributed by atoms with Gasteiger partial charge in [-0.3, -0.25) is 19.3 Å². The molecule has 1 fully saturated rings. The van der Waals surface area contributed by atoms with Crippen molar-refractivity contribution in [3.8, 4) is 0 Å². The summed E-state index contributed by atoms with van der Waals surface area (Å²) in [5.41, 5.74) is -0.136. The van der Waals surface area contributed by atoms with Gasteiger partial charge in [0.25, 0.3) is 0 Å². The topological polar surface area (TPSA) is 393 Å². The van der Waals surface area contributed by atoms with Crippen molar-refractivity contribution >= 4 is 107 Å². The Hall–Kier alpha value is -6.01. The number of amides is 2. The molecule has 0 radical (unpaired) electrons. The maximum absolute atomic E-state index is 12.9. The van der Waals surface area contributed by atoms with Gasteiger partial charge in [-0.25, -0.2) is 42.1 Å². The fraction of sp³-hybridized carbons (Fsp3) is 0.458. The van der Waals surface area contributed by atoms with Gasteiger partial charge in [0.1, 0.15) is 47.1 Å². The molecule has 4 aromatic rings. The third-order valence-corrected chi connectivity index (χ3v) is 20.1. The maximum atomic E-state index is 12.9. The Morgan fingerprint density at radius 3 is 1.66 bits per heavy atom. The first-order valence-corrected chi connectivity index (χ1v) is 35.7. The highest BCUT2D eigenvalue weighted by atomic mass is 32.2. The number of methoxy groups -OCH3 is 2. The molecule has 90 heavy (non-hydrogen) atoms. The van der Waals surface area contributed by atoms with E-state index in [9.17, 15) is 79.2 Å². The predicted molar refractivity (Wildman–Crippen MR) is 321 cm³/mol. The van der Waals surface area contributed by atoms with E-state index in [1.54, 1.807) is 67.2 Å². The Balaban J connectivity index is 1.28. The van der Waals surface area contributed by atoms with E-state index in [2.05, 4.69) is 0 Å². The number of hydrogen-bond acceptors (Lipinski definition) is 24. The molecule has 3 heterocycles. The average molecular weight is 1350 g/mol. The highest BCUT2D eigenvalue weighted by molar-refractivity contribution is 7.87. The van der Waals surface area contributed by atoms with E-state index in [-0.39, 0.29) is 124 Å². The van der Waals surface area contributed by atoms with Crippen LogP contribution < -0.4 is 4.90 Å². The molecule has 0 saturated carbocycles. The predicted octanol–water partition coefficient (Wildman–Crippen LogP) is 4.63. The number of rotatable bonds is 35. The van der Waals surface area contributed by atoms with Gasteiger partial charge in [-0.2, -0.15) is 4.58 Å². The number of carbonyl (C=O) groups is 3. The van der Waals surface area contributed by atoms with E-state index in [0.717, 1.165) is 17.0 Å². The zero-order chi connectivity index (χ0) is 66.0. The molecule has 0 spiro atoms. The van der Waals surface area contributed by atoms with Crippen molar-refractivity contribution in [3.63, 3.8) is 0 Å². The van der Waals surface area contributed by atoms with Crippen molar-refractivity contribution in [2.75, 3.05) is 97.4 Å². The zero-order valence-corrected chi connectivity index (χ0v) is 53.9. The Morgan fingerprint density at radius 2 is 1.10 bits per heavy atom. The lowest BCUT2D eigenvalue weighted by Crippen LogP contribution is -2.34. The van der Waals surface area contributed by atoms with Gasteiger partial charge in [0.2, 0.25) is 17.5 Å². The van der Waals surface area contributed by atoms with Crippen molar-refractivity contribution in [2.24, 2.45) is 0 Å². The van der Waals surface area contributed by atoms with Gasteiger partial charge in [-0.05, 0) is 110 Å². The van der Waals surface area contributed by atoms with E-state index < -0.39 is 98.6 Å². The van der Waals surface area contributed by atoms with Gasteiger partial charge >= 0.3 is 0 Å². The summed E-state index contributed by atoms with van der Waals surface area (Å²) < 4.78 is 217. The van der Waals surface area contributed by atoms with Gasteiger partial charge in [0.05, 0.1) is 81.3 Å². The summed E-state index contributed by atoms with van der Waals surface area (Å²) in [7, 11) is -23.3. The summed E-state index contributed by atoms with van der Waals surface area (Å²) in [6.45, 7) is 5.28. The van der Waals surface area contributed by atoms with E-state index in [1.165, 1.54) is 25.3 Å². The quantitative estimate of drug-likeness (QED) is 0.0199. The lowest BCUT2D eigenvalue weighted by atomic mass is 9.74. The van der Waals surface area contributed by atoms with E-state index in [1.807, 2.05) is 11.8 Å². The number of ether oxygens (including phenoxy) is 5. The van der Waals surface area contributed by atoms with Crippen LogP contribution in [-0.4, -0.2) is 190 Å². The normalized spacial score (nSPS) is 19.0. The van der Waals surface area contributed by atoms with Crippen LogP contribution in [0.5, 0.6) is 0 Å². The molecule has 2 atom stereocenters. The van der Waals surface area contributed by atoms with E-state index in [0.29, 0.717) is 79.6 Å². The summed E-state index contributed by atoms with van der Waals surface area (Å²) in [5, 5.41) is -0.468. The van der Waals surface area contributed by atoms with Crippen LogP contribution in [0, 0.1) is 0 Å². The summed E-state index contributed by atoms with van der Waals surface area (Å²) in [5.74, 6) is -1.95. The molecule has 31 heteroatoms. The number of Topliss-reactive ketones (excluding diaryl/α,β-unsaturated/α-hetero) is 1. The molecule has 3 aliphatic heterocycles. The summed E-state index contributed by atoms with van der Waals surface area (Å²) in [6, 6.07) is 8.75. The average Bonchev–Trinajstić information content (AvgIpc) is 1.53. The minimum absolute atomic E-state index is 0.00955. The molecule has 0 aromatic heterocycles. The number of hydrogen-bond donors (Lipinski definition) is 0. The van der Waals surface area contributed by atoms with Crippen molar-refractivity contribution in [1.82, 2.24) is 4.90 Å². The van der Waals surface area contributed by atoms with Crippen molar-refractivity contribution in [2.45, 2.75) is 102 Å². The third kappa shape index (κ3) is 17.2. The molecule has 0 bridgehead atoms. The first kappa shape index (κ1) is 71.4. The number of benzene rings is 4. The summed E-state index contributed by atoms with van der Waals surface area (Å²) >= 11 is 0. The largest absolute Gasteiger partial charge is 0.748 e. The highest BCUT2D eigenvalue weighted by Crippen LogP contribution is 2.54. The number of likely N-dealkylation sites (tertiary alicyclic amines) is 1. The van der Waals surface area contributed by atoms with Crippen LogP contribution in [0.3, 0.4) is 0 Å². The van der Waals surface area contributed by atoms with E-state index in [4.69, 9.17) is 23.7 Å². The Morgan fingerprint density at radius 1 is 0.567 bits per heavy atom. The first-order valence-electron chi connectivity index (χ1n) is 28.5. The first-order chi connectivity index (χ1) is 42.3. The lowest BCUT2D eigenvalue weighted by molar-refractivity contribution is -0.441. The molecule has 2 unspecified atom stereocenters. The number of nitrogens with zero attached hydrogens (tertiary/aromatic N) is 3. The van der Waals surface area contributed by atoms with Crippen LogP contribution >= 0.6 is 0 Å². The van der Waals surface area contributed by atoms with Gasteiger partial charge < -0.3 is 51.3 Å². The number of ketones is 1. The standard InChI is InChI=1S/C59H73N3O23S5/c1-58(23-13-35-86(66,67)68)52(61(26-28-81-3)49-20-18-44-46(56(49)58)36-42(87(69,70)71)38-50(44)89(75,76)77)15-10-6-5-7-11-16-53-59(2,24-27-83-31-32-85-34-33-84-30-29-82-4)57-47-37-43(88(72,73)74)39-51(90(78,79)80)45(47)17-19-48(57)60(53)25-12-8-9-14-41(63)40-62-54(64)21-22-55(62)65/h5-7,10-11,15-20,36-39H,8-9,12-14,21-35,40H2,1-4H3,(H4-,66,67,68,69,70,71,72,73,74,75,76,77,78,79,80)/p-4. The van der Waals surface area contributed by atoms with Crippen molar-refractivity contribution in [3.05, 3.63) is 108 Å². The fourth-order valence-corrected chi connectivity index (χ4v) is 14.9. The molecule has 492 valence electrons. The molecule has 2 amide bonds. The SMILES string of the molecule is COCCOCCOCCOCCC1(C)\C(=C/C=C/C=C/C=C/C2=[N+](CCOC)c3ccc4c(S(=O)(=O)[O-])cc(S(=O)(=O)[O-])cc4c3C2(C)CCCS(=O)(=O)[O-])N(CCCCCC(=O)CN2C(=O)CCC2=O)c2ccc3c(S(=O)(=O)[O-])cc(S(=O)(=O)[O-])cc3c21. The molecule has 3 aliphatic rings. The van der Waals surface area contributed by atoms with Crippen LogP contribution in [0.1, 0.15) is 82.8 Å². The summed E-state index contributed by atoms with van der Waals surface area (Å²) in [6.07, 6.45) is 12.8. The molecule has 1 saturated heterocycles. The number of anilines is 1. The van der Waals surface area contributed by atoms with Gasteiger partial charge in [-0.1, -0.05) is 42.9 Å². The minimum atomic E-state index is -5.40. The minimum Gasteiger partial charge on any atom is -0.748 e. The molecule has 0 N–H and O–H groups in total. The Bertz CT molecular complexity index is 4150. The molecular formula is C59H69N3O23S5-4. The number of imide groups is 1. The van der Waals surface area contributed by atoms with Crippen LogP contribution in [0.2, 0.25) is 0 Å². The number of allylic oxidation sites excluding steroid dienone is 8. The van der Waals surface area contributed by atoms with Crippen LogP contribution in [0.4, 0.5) is 11.4 Å². The second-order valence-corrected chi connectivity index (χ2v) is 28.9. The smallest absolute Gasteiger partial charge is 0.230 e. The molecule has 4 aromatic carbocycles. The second-order valence-electron chi connectivity index (χ2n) is 22.0. The van der Waals surface area contributed by atoms with Gasteiger partial charge in [0, 0.05) is 92.3 Å². The second kappa shape index (κ2) is 29.7. The highest BCUT2D eigenvalue weighted by Gasteiger charge is 2.49. The Kier molecular flexibility index (Phi) is 23.6. The number of fused-ring (bicyclic) bond motifs is 6. The fourth-order valence-electron chi connectivity index (χ4n) is 11.7. The molecule has 0 aliphatic carbocycles. The number of carbonyl (C=O) groups excluding carboxylic acids is 3. The summed E-state index contributed by atoms with van der Waals surface area (Å²) in [4.78, 5) is 36.3. The molecule has 26 nitrogen and oxygen atoms in total. The van der Waals surface area contributed by atoms with E-state index >= 15 is 0 Å². The zero-order valence-electron chi connectivity index (χ0n) is 49.8. The molecular weight excluding hydrogens is 1280 g/mol. The van der Waals surface area contributed by atoms with Crippen molar-refractivity contribution < 1.29 is 107 Å². The van der Waals surface area contributed by atoms with Crippen LogP contribution in [0.25, 0.3) is 21.5 Å². The van der Waals surface area contributed by atoms with Crippen LogP contribution in [-0.2, 0) is 99.5 Å². The van der Waals surface area contributed by atoms with Gasteiger partial charge in [-0.15, -0.1) is 0 Å². The van der Waals surface area contributed by atoms with Gasteiger partial charge in [0.15, 0.2) is 18.0 Å². The Labute approximate surface area is 523 Å². The monoisotopic (exact) mass is 1350 g/mol. The number of unbranched alkanes of at least 4 members (excludes halogenated alkanes) is 2. The third-order valence-electron chi connectivity index (χ3n) is 15.9.